The van der Waals surface area contributed by atoms with E-state index >= 15 is 0 Å². The summed E-state index contributed by atoms with van der Waals surface area (Å²) in [6.45, 7) is 0. The number of sulfone groups is 1. The second-order valence-electron chi connectivity index (χ2n) is 6.99. The van der Waals surface area contributed by atoms with Gasteiger partial charge in [0.1, 0.15) is 10.6 Å². The van der Waals surface area contributed by atoms with Gasteiger partial charge >= 0.3 is 0 Å². The summed E-state index contributed by atoms with van der Waals surface area (Å²) in [5.41, 5.74) is -0.361. The number of phenolic OH excluding ortho intramolecular Hbond substituents is 1. The van der Waals surface area contributed by atoms with Crippen molar-refractivity contribution < 1.29 is 39.5 Å². The molecule has 16 heteroatoms. The molecule has 1 radical (unpaired) electrons. The van der Waals surface area contributed by atoms with Crippen molar-refractivity contribution in [1.29, 1.82) is 0 Å². The molecular formula is C18H14N3O9S4. The third kappa shape index (κ3) is 4.42. The molecule has 0 aromatic heterocycles. The molecular weight excluding hydrogens is 530 g/mol. The van der Waals surface area contributed by atoms with Crippen LogP contribution in [0, 0.1) is 0 Å². The van der Waals surface area contributed by atoms with Gasteiger partial charge in [-0.05, 0) is 41.8 Å². The molecule has 0 saturated heterocycles. The zero-order valence-electron chi connectivity index (χ0n) is 16.9. The van der Waals surface area contributed by atoms with Gasteiger partial charge in [-0.2, -0.15) is 16.8 Å². The highest BCUT2D eigenvalue weighted by atomic mass is 32.3. The molecule has 0 atom stereocenters. The number of phenols is 1. The Labute approximate surface area is 196 Å². The van der Waals surface area contributed by atoms with Crippen molar-refractivity contribution in [3.63, 3.8) is 0 Å². The van der Waals surface area contributed by atoms with Crippen LogP contribution in [-0.2, 0) is 30.1 Å². The zero-order valence-corrected chi connectivity index (χ0v) is 20.2. The maximum atomic E-state index is 12.2. The van der Waals surface area contributed by atoms with Gasteiger partial charge in [-0.15, -0.1) is 9.63 Å². The van der Waals surface area contributed by atoms with Crippen molar-refractivity contribution in [1.82, 2.24) is 0 Å². The van der Waals surface area contributed by atoms with Crippen LogP contribution >= 0.6 is 11.1 Å². The first-order valence-corrected chi connectivity index (χ1v) is 14.9. The fourth-order valence-electron chi connectivity index (χ4n) is 3.12. The van der Waals surface area contributed by atoms with Gasteiger partial charge in [-0.1, -0.05) is 12.1 Å². The SMILES string of the molecule is CS(=O)(=O)C1=Nc2ccccc2[S]1N=Nc1c(S(=O)(=O)O)cc2cc(S(=O)(=O)O)ccc2c1O. The van der Waals surface area contributed by atoms with Crippen LogP contribution in [0.1, 0.15) is 0 Å². The molecule has 0 bridgehead atoms. The van der Waals surface area contributed by atoms with E-state index in [-0.39, 0.29) is 15.1 Å². The van der Waals surface area contributed by atoms with Gasteiger partial charge < -0.3 is 5.11 Å². The van der Waals surface area contributed by atoms with Crippen LogP contribution in [0.2, 0.25) is 0 Å². The Morgan fingerprint density at radius 3 is 2.21 bits per heavy atom. The molecule has 0 unspecified atom stereocenters. The predicted octanol–water partition coefficient (Wildman–Crippen LogP) is 3.41. The van der Waals surface area contributed by atoms with Gasteiger partial charge in [0.15, 0.2) is 15.6 Å². The molecule has 179 valence electrons. The number of hydrogen-bond acceptors (Lipinski definition) is 10. The highest BCUT2D eigenvalue weighted by Crippen LogP contribution is 2.53. The van der Waals surface area contributed by atoms with E-state index in [9.17, 15) is 39.5 Å². The monoisotopic (exact) mass is 544 g/mol. The van der Waals surface area contributed by atoms with Gasteiger partial charge in [-0.3, -0.25) is 9.11 Å². The molecule has 0 fully saturated rings. The fourth-order valence-corrected chi connectivity index (χ4v) is 7.29. The number of rotatable bonds is 4. The number of para-hydroxylation sites is 1. The lowest BCUT2D eigenvalue weighted by Gasteiger charge is -2.11. The molecule has 4 rings (SSSR count). The van der Waals surface area contributed by atoms with E-state index in [0.717, 1.165) is 30.5 Å². The lowest BCUT2D eigenvalue weighted by Crippen LogP contribution is -2.09. The van der Waals surface area contributed by atoms with E-state index in [1.54, 1.807) is 24.3 Å². The van der Waals surface area contributed by atoms with E-state index in [1.165, 1.54) is 0 Å². The van der Waals surface area contributed by atoms with Crippen LogP contribution in [0.15, 0.2) is 77.8 Å². The van der Waals surface area contributed by atoms with Crippen LogP contribution in [0.25, 0.3) is 10.8 Å². The van der Waals surface area contributed by atoms with Crippen molar-refractivity contribution in [2.75, 3.05) is 6.26 Å². The number of aliphatic imine (C=N–C) groups is 1. The largest absolute Gasteiger partial charge is 0.505 e. The summed E-state index contributed by atoms with van der Waals surface area (Å²) in [5, 5.41) is 14.3. The second-order valence-corrected chi connectivity index (χ2v) is 13.5. The van der Waals surface area contributed by atoms with Gasteiger partial charge in [0.25, 0.3) is 20.2 Å². The number of hydrogen-bond donors (Lipinski definition) is 3. The lowest BCUT2D eigenvalue weighted by atomic mass is 10.1. The first-order chi connectivity index (χ1) is 15.7. The molecule has 0 aliphatic carbocycles. The Bertz CT molecular complexity index is 1750. The van der Waals surface area contributed by atoms with Gasteiger partial charge in [0, 0.05) is 22.7 Å². The summed E-state index contributed by atoms with van der Waals surface area (Å²) >= 11 is -1.58. The third-order valence-electron chi connectivity index (χ3n) is 4.59. The van der Waals surface area contributed by atoms with Crippen LogP contribution < -0.4 is 0 Å². The average molecular weight is 545 g/mol. The standard InChI is InChI=1S/C18H14N3O9S4/c1-32(23,24)18-19-13-4-2-3-5-14(13)31(18)21-20-16-15(34(28,29)30)9-10-8-11(33(25,26)27)6-7-12(10)17(16)22/h2-9,22H,1H3,(H,25,26,27)(H,28,29,30). The Hall–Kier alpha value is -2.89. The molecule has 0 spiro atoms. The fraction of sp³-hybridized carbons (Fsp3) is 0.0556. The molecule has 3 aromatic rings. The van der Waals surface area contributed by atoms with E-state index in [1.807, 2.05) is 0 Å². The Morgan fingerprint density at radius 2 is 1.59 bits per heavy atom. The summed E-state index contributed by atoms with van der Waals surface area (Å²) in [6, 6.07) is 10.2. The van der Waals surface area contributed by atoms with Gasteiger partial charge in [-0.25, -0.2) is 13.4 Å². The van der Waals surface area contributed by atoms with E-state index < -0.39 is 62.4 Å². The smallest absolute Gasteiger partial charge is 0.296 e. The van der Waals surface area contributed by atoms with Crippen LogP contribution in [-0.4, -0.2) is 50.1 Å². The Balaban J connectivity index is 1.94. The minimum Gasteiger partial charge on any atom is -0.505 e. The van der Waals surface area contributed by atoms with Crippen molar-refractivity contribution in [3.8, 4) is 5.75 Å². The maximum absolute atomic E-state index is 12.2. The number of aromatic hydroxyl groups is 1. The van der Waals surface area contributed by atoms with Crippen molar-refractivity contribution >= 4 is 67.7 Å². The average Bonchev–Trinajstić information content (AvgIpc) is 3.10. The summed E-state index contributed by atoms with van der Waals surface area (Å²) in [5.74, 6) is -0.773. The van der Waals surface area contributed by atoms with E-state index in [4.69, 9.17) is 0 Å². The molecule has 1 aliphatic rings. The lowest BCUT2D eigenvalue weighted by molar-refractivity contribution is 0.472. The zero-order chi connectivity index (χ0) is 25.1. The van der Waals surface area contributed by atoms with Crippen molar-refractivity contribution in [3.05, 3.63) is 48.5 Å². The molecule has 34 heavy (non-hydrogen) atoms. The van der Waals surface area contributed by atoms with Crippen LogP contribution in [0.3, 0.4) is 0 Å². The predicted molar refractivity (Wildman–Crippen MR) is 124 cm³/mol. The maximum Gasteiger partial charge on any atom is 0.296 e. The normalized spacial score (nSPS) is 15.1. The first-order valence-electron chi connectivity index (χ1n) is 8.96. The molecule has 1 heterocycles. The second kappa shape index (κ2) is 8.10. The van der Waals surface area contributed by atoms with Gasteiger partial charge in [0.05, 0.1) is 15.5 Å². The molecule has 3 N–H and O–H groups in total. The Kier molecular flexibility index (Phi) is 5.78. The molecule has 0 amide bonds. The Morgan fingerprint density at radius 1 is 0.912 bits per heavy atom. The number of nitrogens with zero attached hydrogens (tertiary/aromatic N) is 3. The molecule has 1 aliphatic heterocycles. The summed E-state index contributed by atoms with van der Waals surface area (Å²) in [6.07, 6.45) is 0.928. The highest BCUT2D eigenvalue weighted by Gasteiger charge is 2.33. The topological polar surface area (TPSA) is 200 Å². The molecule has 3 aromatic carbocycles. The van der Waals surface area contributed by atoms with Crippen molar-refractivity contribution in [2.45, 2.75) is 14.7 Å². The first kappa shape index (κ1) is 24.2. The summed E-state index contributed by atoms with van der Waals surface area (Å²) in [7, 11) is -13.5. The number of fused-ring (bicyclic) bond motifs is 2. The summed E-state index contributed by atoms with van der Waals surface area (Å²) < 4.78 is 93.8. The minimum atomic E-state index is -5.02. The third-order valence-corrected chi connectivity index (χ3v) is 9.84. The number of benzene rings is 3. The van der Waals surface area contributed by atoms with Gasteiger partial charge in [0.2, 0.25) is 4.38 Å². The van der Waals surface area contributed by atoms with Crippen LogP contribution in [0.4, 0.5) is 11.4 Å². The molecule has 0 saturated carbocycles. The minimum absolute atomic E-state index is 0.0686. The van der Waals surface area contributed by atoms with E-state index in [0.29, 0.717) is 10.6 Å². The van der Waals surface area contributed by atoms with Crippen LogP contribution in [0.5, 0.6) is 5.75 Å². The highest BCUT2D eigenvalue weighted by molar-refractivity contribution is 8.44. The van der Waals surface area contributed by atoms with Crippen molar-refractivity contribution in [2.24, 2.45) is 14.6 Å². The van der Waals surface area contributed by atoms with E-state index in [2.05, 4.69) is 14.6 Å². The summed E-state index contributed by atoms with van der Waals surface area (Å²) in [4.78, 5) is 2.98. The quantitative estimate of drug-likeness (QED) is 0.250. The molecule has 12 nitrogen and oxygen atoms in total.